The molecule has 2 aliphatic rings. The van der Waals surface area contributed by atoms with Gasteiger partial charge in [0.2, 0.25) is 0 Å². The monoisotopic (exact) mass is 153 g/mol. The molecule has 0 aromatic rings. The van der Waals surface area contributed by atoms with E-state index in [0.29, 0.717) is 17.9 Å². The molecule has 0 saturated heterocycles. The summed E-state index contributed by atoms with van der Waals surface area (Å²) in [6.07, 6.45) is 4.77. The molecule has 0 spiro atoms. The summed E-state index contributed by atoms with van der Waals surface area (Å²) >= 11 is 0. The highest BCUT2D eigenvalue weighted by atomic mass is 16.5. The van der Waals surface area contributed by atoms with Crippen LogP contribution in [0.4, 0.5) is 0 Å². The fourth-order valence-electron chi connectivity index (χ4n) is 2.67. The first-order valence-electron chi connectivity index (χ1n) is 4.37. The molecule has 2 aliphatic carbocycles. The Hall–Kier alpha value is -0.340. The Morgan fingerprint density at radius 2 is 1.82 bits per heavy atom. The van der Waals surface area contributed by atoms with Crippen LogP contribution >= 0.6 is 0 Å². The highest BCUT2D eigenvalue weighted by Gasteiger charge is 2.39. The molecular formula is C9H15NO. The predicted molar refractivity (Wildman–Crippen MR) is 43.3 cm³/mol. The summed E-state index contributed by atoms with van der Waals surface area (Å²) < 4.78 is 0. The Bertz CT molecular complexity index is 162. The van der Waals surface area contributed by atoms with Gasteiger partial charge in [0.25, 0.3) is 0 Å². The lowest BCUT2D eigenvalue weighted by Gasteiger charge is -2.29. The predicted octanol–water partition coefficient (Wildman–Crippen LogP) is 1.71. The van der Waals surface area contributed by atoms with Crippen molar-refractivity contribution in [1.82, 2.24) is 5.48 Å². The number of allylic oxidation sites excluding steroid dienone is 1. The Labute approximate surface area is 67.3 Å². The lowest BCUT2D eigenvalue weighted by Crippen LogP contribution is -2.38. The first-order valence-corrected chi connectivity index (χ1v) is 4.37. The zero-order valence-corrected chi connectivity index (χ0v) is 6.71. The molecule has 11 heavy (non-hydrogen) atoms. The number of rotatable bonds is 1. The number of fused-ring (bicyclic) bond motifs is 2. The highest BCUT2D eigenvalue weighted by molar-refractivity contribution is 5.09. The van der Waals surface area contributed by atoms with Gasteiger partial charge in [0.05, 0.1) is 0 Å². The minimum atomic E-state index is 0.362. The number of hydroxylamine groups is 1. The van der Waals surface area contributed by atoms with Crippen LogP contribution in [0.1, 0.15) is 25.7 Å². The van der Waals surface area contributed by atoms with Crippen LogP contribution in [0.25, 0.3) is 0 Å². The summed E-state index contributed by atoms with van der Waals surface area (Å²) in [5, 5.41) is 8.88. The first kappa shape index (κ1) is 7.32. The van der Waals surface area contributed by atoms with Crippen LogP contribution in [0.15, 0.2) is 12.2 Å². The number of hydrogen-bond donors (Lipinski definition) is 2. The van der Waals surface area contributed by atoms with Crippen molar-refractivity contribution >= 4 is 0 Å². The third kappa shape index (κ3) is 1.10. The van der Waals surface area contributed by atoms with Gasteiger partial charge >= 0.3 is 0 Å². The van der Waals surface area contributed by atoms with Gasteiger partial charge in [-0.15, -0.1) is 0 Å². The molecule has 3 atom stereocenters. The van der Waals surface area contributed by atoms with Crippen LogP contribution in [-0.2, 0) is 0 Å². The standard InChI is InChI=1S/C9H15NO/c1-6-4-7-2-3-8(5-6)9(7)10-11/h7-11H,1-5H2/t7-,8+,9?. The van der Waals surface area contributed by atoms with Crippen LogP contribution in [0.5, 0.6) is 0 Å². The molecule has 2 fully saturated rings. The molecule has 1 unspecified atom stereocenters. The fraction of sp³-hybridized carbons (Fsp3) is 0.778. The van der Waals surface area contributed by atoms with Crippen LogP contribution in [0.2, 0.25) is 0 Å². The van der Waals surface area contributed by atoms with E-state index in [4.69, 9.17) is 5.21 Å². The number of nitrogens with one attached hydrogen (secondary N) is 1. The number of hydrogen-bond acceptors (Lipinski definition) is 2. The van der Waals surface area contributed by atoms with E-state index in [-0.39, 0.29) is 0 Å². The van der Waals surface area contributed by atoms with Gasteiger partial charge in [-0.1, -0.05) is 12.2 Å². The van der Waals surface area contributed by atoms with Crippen molar-refractivity contribution in [3.05, 3.63) is 12.2 Å². The van der Waals surface area contributed by atoms with Crippen LogP contribution < -0.4 is 5.48 Å². The maximum atomic E-state index is 8.88. The molecule has 2 heteroatoms. The van der Waals surface area contributed by atoms with E-state index in [1.807, 2.05) is 0 Å². The largest absolute Gasteiger partial charge is 0.317 e. The molecule has 0 amide bonds. The van der Waals surface area contributed by atoms with E-state index in [1.54, 1.807) is 0 Å². The van der Waals surface area contributed by atoms with Gasteiger partial charge in [0.1, 0.15) is 0 Å². The Kier molecular flexibility index (Phi) is 1.74. The summed E-state index contributed by atoms with van der Waals surface area (Å²) in [5.41, 5.74) is 3.82. The third-order valence-electron chi connectivity index (χ3n) is 3.17. The summed E-state index contributed by atoms with van der Waals surface area (Å²) in [5.74, 6) is 1.32. The van der Waals surface area contributed by atoms with Crippen LogP contribution in [0.3, 0.4) is 0 Å². The lowest BCUT2D eigenvalue weighted by atomic mass is 9.82. The third-order valence-corrected chi connectivity index (χ3v) is 3.17. The minimum Gasteiger partial charge on any atom is -0.317 e. The molecule has 0 aliphatic heterocycles. The van der Waals surface area contributed by atoms with Gasteiger partial charge in [-0.05, 0) is 37.5 Å². The van der Waals surface area contributed by atoms with Crippen molar-refractivity contribution in [3.8, 4) is 0 Å². The maximum Gasteiger partial charge on any atom is 0.0382 e. The molecule has 0 heterocycles. The Morgan fingerprint density at radius 3 is 2.27 bits per heavy atom. The second-order valence-corrected chi connectivity index (χ2v) is 3.91. The minimum absolute atomic E-state index is 0.362. The van der Waals surface area contributed by atoms with Crippen molar-refractivity contribution in [2.45, 2.75) is 31.7 Å². The van der Waals surface area contributed by atoms with Gasteiger partial charge < -0.3 is 5.21 Å². The van der Waals surface area contributed by atoms with Crippen LogP contribution in [0, 0.1) is 11.8 Å². The summed E-state index contributed by atoms with van der Waals surface area (Å²) in [7, 11) is 0. The molecular weight excluding hydrogens is 138 g/mol. The molecule has 0 aromatic heterocycles. The van der Waals surface area contributed by atoms with Crippen molar-refractivity contribution in [2.75, 3.05) is 0 Å². The summed E-state index contributed by atoms with van der Waals surface area (Å²) in [6.45, 7) is 4.01. The molecule has 0 radical (unpaired) electrons. The second-order valence-electron chi connectivity index (χ2n) is 3.91. The molecule has 2 bridgehead atoms. The topological polar surface area (TPSA) is 32.3 Å². The van der Waals surface area contributed by atoms with Gasteiger partial charge in [-0.25, -0.2) is 5.48 Å². The normalized spacial score (nSPS) is 43.0. The molecule has 2 N–H and O–H groups in total. The van der Waals surface area contributed by atoms with Gasteiger partial charge in [0.15, 0.2) is 0 Å². The van der Waals surface area contributed by atoms with Crippen molar-refractivity contribution in [2.24, 2.45) is 11.8 Å². The van der Waals surface area contributed by atoms with Gasteiger partial charge in [-0.2, -0.15) is 0 Å². The van der Waals surface area contributed by atoms with Gasteiger partial charge in [-0.3, -0.25) is 0 Å². The molecule has 2 saturated carbocycles. The Balaban J connectivity index is 2.12. The Morgan fingerprint density at radius 1 is 1.27 bits per heavy atom. The SMILES string of the molecule is C=C1C[C@H]2CC[C@@H](C1)C2NO. The van der Waals surface area contributed by atoms with Crippen molar-refractivity contribution < 1.29 is 5.21 Å². The zero-order valence-electron chi connectivity index (χ0n) is 6.71. The average Bonchev–Trinajstić information content (AvgIpc) is 2.23. The van der Waals surface area contributed by atoms with E-state index in [0.717, 1.165) is 12.8 Å². The lowest BCUT2D eigenvalue weighted by molar-refractivity contribution is 0.0795. The molecule has 2 rings (SSSR count). The van der Waals surface area contributed by atoms with E-state index in [2.05, 4.69) is 12.1 Å². The molecule has 62 valence electrons. The smallest absolute Gasteiger partial charge is 0.0382 e. The second kappa shape index (κ2) is 2.61. The summed E-state index contributed by atoms with van der Waals surface area (Å²) in [6, 6.07) is 0.362. The van der Waals surface area contributed by atoms with Crippen molar-refractivity contribution in [3.63, 3.8) is 0 Å². The van der Waals surface area contributed by atoms with E-state index >= 15 is 0 Å². The molecule has 0 aromatic carbocycles. The first-order chi connectivity index (χ1) is 5.31. The van der Waals surface area contributed by atoms with E-state index < -0.39 is 0 Å². The highest BCUT2D eigenvalue weighted by Crippen LogP contribution is 2.43. The zero-order chi connectivity index (χ0) is 7.84. The van der Waals surface area contributed by atoms with Gasteiger partial charge in [0, 0.05) is 6.04 Å². The quantitative estimate of drug-likeness (QED) is 0.444. The van der Waals surface area contributed by atoms with E-state index in [9.17, 15) is 0 Å². The van der Waals surface area contributed by atoms with Crippen LogP contribution in [-0.4, -0.2) is 11.2 Å². The average molecular weight is 153 g/mol. The summed E-state index contributed by atoms with van der Waals surface area (Å²) in [4.78, 5) is 0. The van der Waals surface area contributed by atoms with E-state index in [1.165, 1.54) is 18.4 Å². The van der Waals surface area contributed by atoms with Crippen molar-refractivity contribution in [1.29, 1.82) is 0 Å². The fourth-order valence-corrected chi connectivity index (χ4v) is 2.67. The maximum absolute atomic E-state index is 8.88. The molecule has 2 nitrogen and oxygen atoms in total.